The molecule has 4 N–H and O–H groups in total. The molecule has 0 bridgehead atoms. The van der Waals surface area contributed by atoms with Gasteiger partial charge in [0.2, 0.25) is 0 Å². The summed E-state index contributed by atoms with van der Waals surface area (Å²) in [5.41, 5.74) is 9.74. The third-order valence-electron chi connectivity index (χ3n) is 4.96. The lowest BCUT2D eigenvalue weighted by Gasteiger charge is -2.11. The molecule has 0 aliphatic carbocycles. The monoisotopic (exact) mass is 522 g/mol. The summed E-state index contributed by atoms with van der Waals surface area (Å²) in [6, 6.07) is 15.6. The van der Waals surface area contributed by atoms with Crippen LogP contribution in [0.3, 0.4) is 0 Å². The molecule has 2 aromatic carbocycles. The van der Waals surface area contributed by atoms with E-state index in [2.05, 4.69) is 41.6 Å². The lowest BCUT2D eigenvalue weighted by atomic mass is 10.0. The molecule has 0 aromatic heterocycles. The second kappa shape index (κ2) is 11.9. The second-order valence-corrected chi connectivity index (χ2v) is 7.65. The minimum absolute atomic E-state index is 0. The normalized spacial score (nSPS) is 16.2. The van der Waals surface area contributed by atoms with Crippen LogP contribution in [0.1, 0.15) is 54.1 Å². The van der Waals surface area contributed by atoms with Crippen LogP contribution >= 0.6 is 24.0 Å². The zero-order valence-electron chi connectivity index (χ0n) is 17.6. The largest absolute Gasteiger partial charge is 0.376 e. The topological polar surface area (TPSA) is 88.7 Å². The lowest BCUT2D eigenvalue weighted by Crippen LogP contribution is -2.31. The summed E-state index contributed by atoms with van der Waals surface area (Å²) < 4.78 is 5.54. The molecule has 7 heteroatoms. The van der Waals surface area contributed by atoms with Gasteiger partial charge in [0.05, 0.1) is 12.6 Å². The van der Waals surface area contributed by atoms with Crippen molar-refractivity contribution in [2.75, 3.05) is 18.5 Å². The number of hydrogen-bond donors (Lipinski definition) is 3. The van der Waals surface area contributed by atoms with Crippen molar-refractivity contribution in [3.8, 4) is 0 Å². The zero-order chi connectivity index (χ0) is 20.6. The van der Waals surface area contributed by atoms with E-state index in [4.69, 9.17) is 10.5 Å². The Morgan fingerprint density at radius 3 is 2.77 bits per heavy atom. The minimum atomic E-state index is -0.0945. The van der Waals surface area contributed by atoms with Gasteiger partial charge in [0.1, 0.15) is 0 Å². The number of amides is 1. The highest BCUT2D eigenvalue weighted by Gasteiger charge is 2.16. The fourth-order valence-electron chi connectivity index (χ4n) is 3.26. The Kier molecular flexibility index (Phi) is 9.58. The van der Waals surface area contributed by atoms with Crippen LogP contribution in [0.25, 0.3) is 0 Å². The van der Waals surface area contributed by atoms with Crippen molar-refractivity contribution in [2.45, 2.75) is 45.3 Å². The van der Waals surface area contributed by atoms with Gasteiger partial charge in [-0.15, -0.1) is 24.0 Å². The highest BCUT2D eigenvalue weighted by Crippen LogP contribution is 2.18. The number of halogens is 1. The predicted octanol–water partition coefficient (Wildman–Crippen LogP) is 4.26. The number of rotatable bonds is 7. The van der Waals surface area contributed by atoms with E-state index in [9.17, 15) is 4.79 Å². The first kappa shape index (κ1) is 24.1. The molecule has 30 heavy (non-hydrogen) atoms. The molecule has 1 saturated heterocycles. The summed E-state index contributed by atoms with van der Waals surface area (Å²) in [6.07, 6.45) is 2.19. The lowest BCUT2D eigenvalue weighted by molar-refractivity contribution is 0.0857. The molecule has 1 fully saturated rings. The van der Waals surface area contributed by atoms with Gasteiger partial charge in [-0.25, -0.2) is 4.99 Å². The van der Waals surface area contributed by atoms with E-state index in [-0.39, 0.29) is 36.0 Å². The molecule has 1 heterocycles. The first-order valence-electron chi connectivity index (χ1n) is 10.2. The van der Waals surface area contributed by atoms with Crippen LogP contribution < -0.4 is 16.4 Å². The summed E-state index contributed by atoms with van der Waals surface area (Å²) in [4.78, 5) is 16.8. The second-order valence-electron chi connectivity index (χ2n) is 7.65. The predicted molar refractivity (Wildman–Crippen MR) is 133 cm³/mol. The molecular weight excluding hydrogens is 491 g/mol. The fraction of sp³-hybridized carbons (Fsp3) is 0.391. The molecule has 1 aliphatic rings. The number of hydrogen-bond acceptors (Lipinski definition) is 3. The molecule has 6 nitrogen and oxygen atoms in total. The Morgan fingerprint density at radius 2 is 2.03 bits per heavy atom. The van der Waals surface area contributed by atoms with Crippen LogP contribution in [0.2, 0.25) is 0 Å². The number of nitrogens with one attached hydrogen (secondary N) is 2. The van der Waals surface area contributed by atoms with Gasteiger partial charge < -0.3 is 21.1 Å². The van der Waals surface area contributed by atoms with Crippen molar-refractivity contribution >= 4 is 41.5 Å². The molecule has 1 aliphatic heterocycles. The minimum Gasteiger partial charge on any atom is -0.376 e. The number of guanidine groups is 1. The number of ether oxygens (including phenoxy) is 1. The summed E-state index contributed by atoms with van der Waals surface area (Å²) >= 11 is 0. The van der Waals surface area contributed by atoms with Crippen LogP contribution in [-0.4, -0.2) is 31.1 Å². The van der Waals surface area contributed by atoms with Gasteiger partial charge in [0.15, 0.2) is 5.96 Å². The number of nitrogens with two attached hydrogens (primary N) is 1. The molecule has 1 amide bonds. The first-order valence-corrected chi connectivity index (χ1v) is 10.2. The van der Waals surface area contributed by atoms with Gasteiger partial charge in [-0.05, 0) is 54.2 Å². The molecule has 1 unspecified atom stereocenters. The Morgan fingerprint density at radius 1 is 1.23 bits per heavy atom. The third-order valence-corrected chi connectivity index (χ3v) is 4.96. The Balaban J connectivity index is 0.00000320. The quantitative estimate of drug-likeness (QED) is 0.288. The number of anilines is 1. The zero-order valence-corrected chi connectivity index (χ0v) is 19.9. The summed E-state index contributed by atoms with van der Waals surface area (Å²) in [7, 11) is 0. The van der Waals surface area contributed by atoms with E-state index in [0.29, 0.717) is 30.5 Å². The average molecular weight is 522 g/mol. The van der Waals surface area contributed by atoms with E-state index in [1.807, 2.05) is 30.3 Å². The number of carbonyl (C=O) groups is 1. The molecule has 0 saturated carbocycles. The number of carbonyl (C=O) groups excluding carboxylic acids is 1. The van der Waals surface area contributed by atoms with Crippen LogP contribution in [-0.2, 0) is 11.3 Å². The van der Waals surface area contributed by atoms with Crippen LogP contribution in [0, 0.1) is 0 Å². The molecule has 0 radical (unpaired) electrons. The van der Waals surface area contributed by atoms with Crippen molar-refractivity contribution in [3.63, 3.8) is 0 Å². The maximum Gasteiger partial charge on any atom is 0.251 e. The van der Waals surface area contributed by atoms with E-state index in [1.165, 1.54) is 5.56 Å². The van der Waals surface area contributed by atoms with Gasteiger partial charge in [-0.2, -0.15) is 0 Å². The number of benzene rings is 2. The first-order chi connectivity index (χ1) is 14.0. The highest BCUT2D eigenvalue weighted by atomic mass is 127. The van der Waals surface area contributed by atoms with Crippen LogP contribution in [0.4, 0.5) is 5.69 Å². The van der Waals surface area contributed by atoms with E-state index >= 15 is 0 Å². The van der Waals surface area contributed by atoms with Crippen molar-refractivity contribution in [2.24, 2.45) is 10.7 Å². The molecule has 3 rings (SSSR count). The molecule has 2 aromatic rings. The van der Waals surface area contributed by atoms with Gasteiger partial charge >= 0.3 is 0 Å². The molecular formula is C23H31IN4O2. The maximum atomic E-state index is 12.4. The van der Waals surface area contributed by atoms with Crippen molar-refractivity contribution in [3.05, 3.63) is 65.2 Å². The van der Waals surface area contributed by atoms with Crippen LogP contribution in [0.15, 0.2) is 53.5 Å². The van der Waals surface area contributed by atoms with Gasteiger partial charge in [0.25, 0.3) is 5.91 Å². The molecule has 1 atom stereocenters. The van der Waals surface area contributed by atoms with Crippen LogP contribution in [0.5, 0.6) is 0 Å². The Bertz CT molecular complexity index is 864. The Labute approximate surface area is 195 Å². The van der Waals surface area contributed by atoms with Crippen molar-refractivity contribution in [1.82, 2.24) is 5.32 Å². The van der Waals surface area contributed by atoms with E-state index in [0.717, 1.165) is 30.7 Å². The number of nitrogens with zero attached hydrogens (tertiary/aromatic N) is 1. The molecule has 0 spiro atoms. The van der Waals surface area contributed by atoms with E-state index in [1.54, 1.807) is 6.07 Å². The Hall–Kier alpha value is -2.13. The van der Waals surface area contributed by atoms with Gasteiger partial charge in [-0.3, -0.25) is 4.79 Å². The number of aliphatic imine (C=N–C) groups is 1. The smallest absolute Gasteiger partial charge is 0.251 e. The highest BCUT2D eigenvalue weighted by molar-refractivity contribution is 14.0. The third kappa shape index (κ3) is 7.28. The fourth-order valence-corrected chi connectivity index (χ4v) is 3.26. The SMILES string of the molecule is CC(C)c1cccc(NC(N)=NCc2cccc(C(=O)NCC3CCCO3)c2)c1.I. The average Bonchev–Trinajstić information content (AvgIpc) is 3.24. The van der Waals surface area contributed by atoms with E-state index < -0.39 is 0 Å². The van der Waals surface area contributed by atoms with Gasteiger partial charge in [-0.1, -0.05) is 38.1 Å². The van der Waals surface area contributed by atoms with Gasteiger partial charge in [0, 0.05) is 24.4 Å². The van der Waals surface area contributed by atoms with Crippen molar-refractivity contribution < 1.29 is 9.53 Å². The van der Waals surface area contributed by atoms with Crippen molar-refractivity contribution in [1.29, 1.82) is 0 Å². The summed E-state index contributed by atoms with van der Waals surface area (Å²) in [6.45, 7) is 6.04. The summed E-state index contributed by atoms with van der Waals surface area (Å²) in [5.74, 6) is 0.700. The maximum absolute atomic E-state index is 12.4. The standard InChI is InChI=1S/C23H30N4O2.HI/c1-16(2)18-7-4-9-20(13-18)27-23(24)26-14-17-6-3-8-19(12-17)22(28)25-15-21-10-5-11-29-21;/h3-4,6-9,12-13,16,21H,5,10-11,14-15H2,1-2H3,(H,25,28)(H3,24,26,27);1H. The summed E-state index contributed by atoms with van der Waals surface area (Å²) in [5, 5.41) is 6.07. The molecule has 162 valence electrons.